The van der Waals surface area contributed by atoms with Gasteiger partial charge >= 0.3 is 51.4 Å². The van der Waals surface area contributed by atoms with Gasteiger partial charge in [-0.25, -0.2) is 0 Å². The Balaban J connectivity index is 0.00000261. The normalized spacial score (nSPS) is 18.8. The summed E-state index contributed by atoms with van der Waals surface area (Å²) < 4.78 is 5.81. The number of hydrogen-bond acceptors (Lipinski definition) is 6. The molecule has 136 valence electrons. The van der Waals surface area contributed by atoms with E-state index in [1.165, 1.54) is 4.90 Å². The first-order chi connectivity index (χ1) is 12.4. The molecule has 0 spiro atoms. The minimum Gasteiger partial charge on any atom is -0.550 e. The summed E-state index contributed by atoms with van der Waals surface area (Å²) in [5.74, 6) is -0.232. The van der Waals surface area contributed by atoms with E-state index in [2.05, 4.69) is 0 Å². The monoisotopic (exact) mass is 411 g/mol. The first-order valence-electron chi connectivity index (χ1n) is 8.19. The number of rotatable bonds is 5. The third kappa shape index (κ3) is 4.44. The summed E-state index contributed by atoms with van der Waals surface area (Å²) >= 11 is 5.27. The van der Waals surface area contributed by atoms with Gasteiger partial charge in [0.25, 0.3) is 5.91 Å². The number of carbonyl (C=O) groups excluding carboxylic acids is 2. The molecule has 0 aromatic heterocycles. The van der Waals surface area contributed by atoms with Gasteiger partial charge in [0.05, 0.1) is 5.69 Å². The predicted octanol–water partition coefficient (Wildman–Crippen LogP) is -2.17. The van der Waals surface area contributed by atoms with Crippen molar-refractivity contribution in [3.63, 3.8) is 0 Å². The number of carboxylic acid groups (broad SMARTS) is 1. The Labute approximate surface area is 205 Å². The topological polar surface area (TPSA) is 76.1 Å². The van der Waals surface area contributed by atoms with Crippen LogP contribution >= 0.6 is 12.2 Å². The number of fused-ring (bicyclic) bond motifs is 1. The summed E-state index contributed by atoms with van der Waals surface area (Å²) in [7, 11) is 1.73. The van der Waals surface area contributed by atoms with E-state index in [4.69, 9.17) is 17.0 Å². The van der Waals surface area contributed by atoms with Gasteiger partial charge in [-0.3, -0.25) is 9.69 Å². The van der Waals surface area contributed by atoms with E-state index in [9.17, 15) is 14.7 Å². The molecular weight excluding hydrogens is 393 g/mol. The van der Waals surface area contributed by atoms with Crippen molar-refractivity contribution >= 4 is 34.9 Å². The van der Waals surface area contributed by atoms with E-state index in [0.29, 0.717) is 29.0 Å². The molecule has 1 amide bonds. The number of nitrogens with zero attached hydrogens (tertiary/aromatic N) is 3. The molecule has 0 N–H and O–H groups in total. The standard InChI is InChI=1S/C18H19N3O4S.K/c1-3-20-17(24)13(19(2)18(20)26)8-9-15-21(11-10-16(22)23)12-6-4-5-7-14(12)25-15;/h4-9H,3,10-11H2,1-2H3,(H,22,23);/q;+1/p-1/b13-8?,15-9+;. The molecule has 2 heterocycles. The fourth-order valence-electron chi connectivity index (χ4n) is 2.88. The van der Waals surface area contributed by atoms with Crippen molar-refractivity contribution in [3.8, 4) is 5.75 Å². The van der Waals surface area contributed by atoms with Gasteiger partial charge in [-0.2, -0.15) is 0 Å². The van der Waals surface area contributed by atoms with Crippen molar-refractivity contribution in [1.29, 1.82) is 0 Å². The zero-order valence-electron chi connectivity index (χ0n) is 15.5. The van der Waals surface area contributed by atoms with Gasteiger partial charge in [0, 0.05) is 38.6 Å². The number of ether oxygens (including phenoxy) is 1. The Hall–Kier alpha value is -1.23. The summed E-state index contributed by atoms with van der Waals surface area (Å²) in [5.41, 5.74) is 1.21. The van der Waals surface area contributed by atoms with Crippen molar-refractivity contribution in [3.05, 3.63) is 48.0 Å². The predicted molar refractivity (Wildman–Crippen MR) is 98.0 cm³/mol. The third-order valence-electron chi connectivity index (χ3n) is 4.22. The fourth-order valence-corrected chi connectivity index (χ4v) is 3.19. The SMILES string of the molecule is CCN1C(=O)C(=C/C=C2/Oc3ccccc3N2CCC(=O)[O-])N(C)C1=S.[K+]. The molecule has 1 aromatic carbocycles. The van der Waals surface area contributed by atoms with Crippen molar-refractivity contribution in [2.75, 3.05) is 25.0 Å². The molecule has 0 bridgehead atoms. The molecule has 2 aliphatic rings. The first kappa shape index (κ1) is 22.1. The molecule has 0 unspecified atom stereocenters. The zero-order valence-corrected chi connectivity index (χ0v) is 19.4. The van der Waals surface area contributed by atoms with Crippen LogP contribution in [0.1, 0.15) is 13.3 Å². The van der Waals surface area contributed by atoms with E-state index >= 15 is 0 Å². The number of allylic oxidation sites excluding steroid dienone is 2. The number of aliphatic carboxylic acids is 1. The van der Waals surface area contributed by atoms with Gasteiger partial charge in [0.15, 0.2) is 10.9 Å². The number of thiocarbonyl (C=S) groups is 1. The van der Waals surface area contributed by atoms with Crippen LogP contribution in [0.5, 0.6) is 5.75 Å². The van der Waals surface area contributed by atoms with Crippen molar-refractivity contribution in [2.24, 2.45) is 0 Å². The number of para-hydroxylation sites is 2. The molecular formula is C18H18KN3O4S. The van der Waals surface area contributed by atoms with Crippen LogP contribution in [0.2, 0.25) is 0 Å². The molecule has 1 fully saturated rings. The molecule has 9 heteroatoms. The Morgan fingerprint density at radius 3 is 2.59 bits per heavy atom. The summed E-state index contributed by atoms with van der Waals surface area (Å²) in [5, 5.41) is 11.3. The van der Waals surface area contributed by atoms with Gasteiger partial charge in [-0.15, -0.1) is 0 Å². The fraction of sp³-hybridized carbons (Fsp3) is 0.278. The van der Waals surface area contributed by atoms with Crippen LogP contribution in [0.15, 0.2) is 48.0 Å². The number of anilines is 1. The second kappa shape index (κ2) is 9.31. The van der Waals surface area contributed by atoms with E-state index < -0.39 is 5.97 Å². The minimum atomic E-state index is -1.14. The largest absolute Gasteiger partial charge is 1.00 e. The molecule has 2 aliphatic heterocycles. The van der Waals surface area contributed by atoms with Gasteiger partial charge in [0.2, 0.25) is 5.88 Å². The Morgan fingerprint density at radius 2 is 1.96 bits per heavy atom. The Morgan fingerprint density at radius 1 is 1.26 bits per heavy atom. The van der Waals surface area contributed by atoms with Gasteiger partial charge in [0.1, 0.15) is 5.70 Å². The molecule has 7 nitrogen and oxygen atoms in total. The van der Waals surface area contributed by atoms with Crippen LogP contribution in [0.25, 0.3) is 0 Å². The maximum absolute atomic E-state index is 12.4. The van der Waals surface area contributed by atoms with Gasteiger partial charge in [-0.05, 0) is 37.4 Å². The summed E-state index contributed by atoms with van der Waals surface area (Å²) in [6.07, 6.45) is 3.15. The van der Waals surface area contributed by atoms with Crippen LogP contribution in [-0.4, -0.2) is 46.9 Å². The van der Waals surface area contributed by atoms with E-state index in [-0.39, 0.29) is 70.3 Å². The summed E-state index contributed by atoms with van der Waals surface area (Å²) in [6.45, 7) is 2.56. The second-order valence-corrected chi connectivity index (χ2v) is 6.16. The molecule has 0 aliphatic carbocycles. The van der Waals surface area contributed by atoms with Crippen LogP contribution < -0.4 is 66.1 Å². The average Bonchev–Trinajstić information content (AvgIpc) is 3.06. The maximum Gasteiger partial charge on any atom is 1.00 e. The summed E-state index contributed by atoms with van der Waals surface area (Å²) in [6, 6.07) is 7.33. The molecule has 27 heavy (non-hydrogen) atoms. The number of hydrogen-bond donors (Lipinski definition) is 0. The minimum absolute atomic E-state index is 0. The van der Waals surface area contributed by atoms with Crippen LogP contribution in [0, 0.1) is 0 Å². The number of benzene rings is 1. The third-order valence-corrected chi connectivity index (χ3v) is 4.71. The van der Waals surface area contributed by atoms with Crippen molar-refractivity contribution in [1.82, 2.24) is 9.80 Å². The molecule has 1 aromatic rings. The smallest absolute Gasteiger partial charge is 0.550 e. The molecule has 1 saturated heterocycles. The van der Waals surface area contributed by atoms with E-state index in [1.54, 1.807) is 35.1 Å². The summed E-state index contributed by atoms with van der Waals surface area (Å²) in [4.78, 5) is 28.2. The van der Waals surface area contributed by atoms with Crippen LogP contribution in [0.3, 0.4) is 0 Å². The number of carbonyl (C=O) groups is 2. The Kier molecular flexibility index (Phi) is 7.61. The average molecular weight is 412 g/mol. The van der Waals surface area contributed by atoms with E-state index in [1.807, 2.05) is 25.1 Å². The zero-order chi connectivity index (χ0) is 18.8. The molecule has 3 rings (SSSR count). The van der Waals surface area contributed by atoms with E-state index in [0.717, 1.165) is 5.69 Å². The van der Waals surface area contributed by atoms with Crippen molar-refractivity contribution in [2.45, 2.75) is 13.3 Å². The molecule has 0 saturated carbocycles. The second-order valence-electron chi connectivity index (χ2n) is 5.79. The maximum atomic E-state index is 12.4. The van der Waals surface area contributed by atoms with Gasteiger partial charge < -0.3 is 24.4 Å². The first-order valence-corrected chi connectivity index (χ1v) is 8.60. The number of likely N-dealkylation sites (N-methyl/N-ethyl adjacent to an activating group) is 2. The van der Waals surface area contributed by atoms with Crippen LogP contribution in [0.4, 0.5) is 5.69 Å². The van der Waals surface area contributed by atoms with Crippen LogP contribution in [-0.2, 0) is 9.59 Å². The van der Waals surface area contributed by atoms with Gasteiger partial charge in [-0.1, -0.05) is 12.1 Å². The Bertz CT molecular complexity index is 840. The number of amides is 1. The molecule has 0 atom stereocenters. The van der Waals surface area contributed by atoms with Crippen molar-refractivity contribution < 1.29 is 70.8 Å². The quantitative estimate of drug-likeness (QED) is 0.310. The molecule has 0 radical (unpaired) electrons. The number of carboxylic acids is 1.